The molecule has 0 bridgehead atoms. The number of benzene rings is 2. The number of phenolic OH excluding ortho intramolecular Hbond substituents is 1. The molecule has 1 aromatic heterocycles. The third-order valence-corrected chi connectivity index (χ3v) is 4.93. The van der Waals surface area contributed by atoms with Gasteiger partial charge in [-0.1, -0.05) is 31.4 Å². The fourth-order valence-electron chi connectivity index (χ4n) is 3.54. The summed E-state index contributed by atoms with van der Waals surface area (Å²) in [6.07, 6.45) is 7.85. The Hall–Kier alpha value is -2.75. The number of hydrogen-bond acceptors (Lipinski definition) is 4. The lowest BCUT2D eigenvalue weighted by atomic mass is 9.95. The van der Waals surface area contributed by atoms with E-state index in [9.17, 15) is 9.90 Å². The number of hydrogen-bond donors (Lipinski definition) is 2. The first-order valence-corrected chi connectivity index (χ1v) is 8.82. The van der Waals surface area contributed by atoms with Crippen molar-refractivity contribution < 1.29 is 9.52 Å². The first-order chi connectivity index (χ1) is 12.2. The van der Waals surface area contributed by atoms with E-state index in [2.05, 4.69) is 5.32 Å². The molecule has 3 aromatic rings. The van der Waals surface area contributed by atoms with E-state index in [0.29, 0.717) is 22.6 Å². The van der Waals surface area contributed by atoms with Crippen molar-refractivity contribution in [2.45, 2.75) is 38.1 Å². The molecule has 4 nitrogen and oxygen atoms in total. The number of fused-ring (bicyclic) bond motifs is 1. The third-order valence-electron chi connectivity index (χ3n) is 4.93. The Kier molecular flexibility index (Phi) is 4.18. The molecule has 2 aromatic carbocycles. The number of phenols is 1. The smallest absolute Gasteiger partial charge is 0.200 e. The lowest BCUT2D eigenvalue weighted by Crippen LogP contribution is -2.22. The summed E-state index contributed by atoms with van der Waals surface area (Å²) in [4.78, 5) is 12.7. The van der Waals surface area contributed by atoms with E-state index in [-0.39, 0.29) is 11.2 Å². The zero-order valence-electron chi connectivity index (χ0n) is 14.0. The highest BCUT2D eigenvalue weighted by atomic mass is 16.3. The van der Waals surface area contributed by atoms with Crippen LogP contribution in [0, 0.1) is 0 Å². The molecule has 4 rings (SSSR count). The molecule has 1 fully saturated rings. The summed E-state index contributed by atoms with van der Waals surface area (Å²) in [6.45, 7) is 0. The van der Waals surface area contributed by atoms with Crippen molar-refractivity contribution in [2.24, 2.45) is 0 Å². The van der Waals surface area contributed by atoms with Gasteiger partial charge >= 0.3 is 0 Å². The molecule has 0 radical (unpaired) electrons. The van der Waals surface area contributed by atoms with E-state index in [4.69, 9.17) is 4.42 Å². The van der Waals surface area contributed by atoms with E-state index < -0.39 is 0 Å². The number of aromatic hydroxyl groups is 1. The summed E-state index contributed by atoms with van der Waals surface area (Å²) in [5.74, 6) is 0.0848. The molecule has 1 aliphatic carbocycles. The summed E-state index contributed by atoms with van der Waals surface area (Å²) in [6, 6.07) is 13.0. The van der Waals surface area contributed by atoms with Crippen LogP contribution in [0.3, 0.4) is 0 Å². The average Bonchev–Trinajstić information content (AvgIpc) is 2.64. The molecular formula is C21H21NO3. The second kappa shape index (κ2) is 6.63. The van der Waals surface area contributed by atoms with Crippen molar-refractivity contribution in [1.82, 2.24) is 0 Å². The van der Waals surface area contributed by atoms with Gasteiger partial charge in [0.25, 0.3) is 0 Å². The molecule has 2 N–H and O–H groups in total. The number of nitrogens with one attached hydrogen (secondary N) is 1. The van der Waals surface area contributed by atoms with E-state index in [0.717, 1.165) is 11.3 Å². The van der Waals surface area contributed by atoms with Gasteiger partial charge in [-0.2, -0.15) is 0 Å². The highest BCUT2D eigenvalue weighted by Crippen LogP contribution is 2.25. The van der Waals surface area contributed by atoms with Gasteiger partial charge in [0, 0.05) is 17.8 Å². The van der Waals surface area contributed by atoms with Crippen molar-refractivity contribution in [2.75, 3.05) is 5.32 Å². The van der Waals surface area contributed by atoms with Crippen LogP contribution in [0.1, 0.15) is 32.1 Å². The standard InChI is InChI=1S/C21H21NO3/c23-17-10-11-18-20(12-17)25-13-19(21(18)24)14-6-8-16(9-7-14)22-15-4-2-1-3-5-15/h6-13,15,22-23H,1-5H2. The average molecular weight is 335 g/mol. The molecule has 0 aliphatic heterocycles. The van der Waals surface area contributed by atoms with Crippen molar-refractivity contribution >= 4 is 16.7 Å². The quantitative estimate of drug-likeness (QED) is 0.714. The van der Waals surface area contributed by atoms with Crippen molar-refractivity contribution in [3.05, 3.63) is 59.0 Å². The summed E-state index contributed by atoms with van der Waals surface area (Å²) in [5, 5.41) is 13.6. The number of rotatable bonds is 3. The van der Waals surface area contributed by atoms with Crippen LogP contribution in [0.25, 0.3) is 22.1 Å². The topological polar surface area (TPSA) is 62.5 Å². The molecule has 4 heteroatoms. The lowest BCUT2D eigenvalue weighted by Gasteiger charge is -2.23. The van der Waals surface area contributed by atoms with Gasteiger partial charge in [-0.05, 0) is 42.7 Å². The Morgan fingerprint density at radius 3 is 2.52 bits per heavy atom. The second-order valence-corrected chi connectivity index (χ2v) is 6.72. The zero-order chi connectivity index (χ0) is 17.2. The van der Waals surface area contributed by atoms with Crippen molar-refractivity contribution in [3.63, 3.8) is 0 Å². The van der Waals surface area contributed by atoms with Crippen LogP contribution in [0.2, 0.25) is 0 Å². The SMILES string of the molecule is O=c1c(-c2ccc(NC3CCCCC3)cc2)coc2cc(O)ccc12. The zero-order valence-corrected chi connectivity index (χ0v) is 14.0. The molecule has 1 aliphatic rings. The van der Waals surface area contributed by atoms with E-state index in [1.165, 1.54) is 50.5 Å². The molecule has 0 unspecified atom stereocenters. The van der Waals surface area contributed by atoms with Crippen LogP contribution in [-0.4, -0.2) is 11.1 Å². The van der Waals surface area contributed by atoms with Crippen molar-refractivity contribution in [1.29, 1.82) is 0 Å². The summed E-state index contributed by atoms with van der Waals surface area (Å²) >= 11 is 0. The molecule has 25 heavy (non-hydrogen) atoms. The van der Waals surface area contributed by atoms with Crippen LogP contribution in [0.15, 0.2) is 57.9 Å². The minimum Gasteiger partial charge on any atom is -0.508 e. The molecule has 0 atom stereocenters. The Bertz CT molecular complexity index is 938. The third kappa shape index (κ3) is 3.25. The van der Waals surface area contributed by atoms with Crippen LogP contribution in [-0.2, 0) is 0 Å². The Morgan fingerprint density at radius 2 is 1.76 bits per heavy atom. The predicted molar refractivity (Wildman–Crippen MR) is 100 cm³/mol. The minimum absolute atomic E-state index is 0.0848. The van der Waals surface area contributed by atoms with E-state index in [1.807, 2.05) is 24.3 Å². The van der Waals surface area contributed by atoms with Crippen LogP contribution < -0.4 is 10.7 Å². The molecule has 0 saturated heterocycles. The molecule has 128 valence electrons. The van der Waals surface area contributed by atoms with Crippen LogP contribution in [0.5, 0.6) is 5.75 Å². The van der Waals surface area contributed by atoms with Gasteiger partial charge in [0.1, 0.15) is 17.6 Å². The molecule has 1 heterocycles. The van der Waals surface area contributed by atoms with Gasteiger partial charge < -0.3 is 14.8 Å². The molecule has 1 saturated carbocycles. The fraction of sp³-hybridized carbons (Fsp3) is 0.286. The lowest BCUT2D eigenvalue weighted by molar-refractivity contribution is 0.463. The fourth-order valence-corrected chi connectivity index (χ4v) is 3.54. The van der Waals surface area contributed by atoms with Gasteiger partial charge in [-0.3, -0.25) is 4.79 Å². The van der Waals surface area contributed by atoms with E-state index in [1.54, 1.807) is 6.07 Å². The monoisotopic (exact) mass is 335 g/mol. The predicted octanol–water partition coefficient (Wildman–Crippen LogP) is 4.91. The normalized spacial score (nSPS) is 15.4. The van der Waals surface area contributed by atoms with Crippen LogP contribution >= 0.6 is 0 Å². The highest BCUT2D eigenvalue weighted by molar-refractivity contribution is 5.82. The van der Waals surface area contributed by atoms with Gasteiger partial charge in [0.05, 0.1) is 10.9 Å². The Balaban J connectivity index is 1.61. The van der Waals surface area contributed by atoms with Gasteiger partial charge in [0.2, 0.25) is 0 Å². The maximum atomic E-state index is 12.7. The Morgan fingerprint density at radius 1 is 1.00 bits per heavy atom. The minimum atomic E-state index is -0.0887. The molecular weight excluding hydrogens is 314 g/mol. The maximum Gasteiger partial charge on any atom is 0.200 e. The maximum absolute atomic E-state index is 12.7. The highest BCUT2D eigenvalue weighted by Gasteiger charge is 2.13. The molecule has 0 spiro atoms. The second-order valence-electron chi connectivity index (χ2n) is 6.72. The van der Waals surface area contributed by atoms with Crippen molar-refractivity contribution in [3.8, 4) is 16.9 Å². The number of anilines is 1. The summed E-state index contributed by atoms with van der Waals surface area (Å²) in [7, 11) is 0. The van der Waals surface area contributed by atoms with E-state index >= 15 is 0 Å². The summed E-state index contributed by atoms with van der Waals surface area (Å²) < 4.78 is 5.53. The first-order valence-electron chi connectivity index (χ1n) is 8.82. The largest absolute Gasteiger partial charge is 0.508 e. The first kappa shape index (κ1) is 15.8. The molecule has 0 amide bonds. The Labute approximate surface area is 146 Å². The van der Waals surface area contributed by atoms with Gasteiger partial charge in [-0.15, -0.1) is 0 Å². The van der Waals surface area contributed by atoms with Gasteiger partial charge in [-0.25, -0.2) is 0 Å². The summed E-state index contributed by atoms with van der Waals surface area (Å²) in [5.41, 5.74) is 2.75. The van der Waals surface area contributed by atoms with Crippen LogP contribution in [0.4, 0.5) is 5.69 Å². The van der Waals surface area contributed by atoms with Gasteiger partial charge in [0.15, 0.2) is 5.43 Å².